The molecule has 2 N–H and O–H groups in total. The Morgan fingerprint density at radius 2 is 2.11 bits per heavy atom. The number of hydrogen-bond donors (Lipinski definition) is 2. The van der Waals surface area contributed by atoms with Crippen molar-refractivity contribution in [3.8, 4) is 11.5 Å². The fourth-order valence-corrected chi connectivity index (χ4v) is 1.98. The summed E-state index contributed by atoms with van der Waals surface area (Å²) in [7, 11) is 0. The summed E-state index contributed by atoms with van der Waals surface area (Å²) in [6.45, 7) is 4.56. The molecule has 19 heavy (non-hydrogen) atoms. The van der Waals surface area contributed by atoms with E-state index >= 15 is 0 Å². The molecule has 1 aliphatic heterocycles. The number of ether oxygens (including phenoxy) is 2. The van der Waals surface area contributed by atoms with Crippen LogP contribution in [0.15, 0.2) is 30.4 Å². The minimum atomic E-state index is -0.526. The molecule has 104 valence electrons. The third-order valence-electron chi connectivity index (χ3n) is 3.01. The van der Waals surface area contributed by atoms with Crippen LogP contribution in [0.4, 0.5) is 0 Å². The maximum atomic E-state index is 10.1. The van der Waals surface area contributed by atoms with Crippen LogP contribution in [0.5, 0.6) is 11.5 Å². The Hall–Kier alpha value is -1.52. The Bertz CT molecular complexity index is 431. The first-order chi connectivity index (χ1) is 9.31. The van der Waals surface area contributed by atoms with E-state index < -0.39 is 6.10 Å². The Labute approximate surface area is 114 Å². The van der Waals surface area contributed by atoms with Crippen LogP contribution in [0.2, 0.25) is 0 Å². The Morgan fingerprint density at radius 3 is 2.89 bits per heavy atom. The smallest absolute Gasteiger partial charge is 0.161 e. The molecule has 0 bridgehead atoms. The second-order valence-electron chi connectivity index (χ2n) is 4.48. The Balaban J connectivity index is 1.86. The van der Waals surface area contributed by atoms with Gasteiger partial charge in [0.05, 0.1) is 6.10 Å². The van der Waals surface area contributed by atoms with Gasteiger partial charge < -0.3 is 19.9 Å². The molecule has 0 fully saturated rings. The van der Waals surface area contributed by atoms with Gasteiger partial charge in [0, 0.05) is 6.54 Å². The highest BCUT2D eigenvalue weighted by Crippen LogP contribution is 2.32. The molecule has 1 unspecified atom stereocenters. The number of aliphatic hydroxyl groups is 1. The molecule has 1 atom stereocenters. The molecule has 2 rings (SSSR count). The van der Waals surface area contributed by atoms with Crippen molar-refractivity contribution in [1.29, 1.82) is 0 Å². The van der Waals surface area contributed by atoms with E-state index in [-0.39, 0.29) is 0 Å². The van der Waals surface area contributed by atoms with E-state index in [1.807, 2.05) is 31.2 Å². The molecule has 1 heterocycles. The summed E-state index contributed by atoms with van der Waals surface area (Å²) >= 11 is 0. The fraction of sp³-hybridized carbons (Fsp3) is 0.467. The fourth-order valence-electron chi connectivity index (χ4n) is 1.98. The maximum Gasteiger partial charge on any atom is 0.161 e. The molecule has 0 aliphatic carbocycles. The topological polar surface area (TPSA) is 50.7 Å². The lowest BCUT2D eigenvalue weighted by molar-refractivity contribution is 0.163. The van der Waals surface area contributed by atoms with Crippen molar-refractivity contribution in [3.05, 3.63) is 35.9 Å². The summed E-state index contributed by atoms with van der Waals surface area (Å²) in [5.41, 5.74) is 0.850. The summed E-state index contributed by atoms with van der Waals surface area (Å²) < 4.78 is 11.0. The highest BCUT2D eigenvalue weighted by Gasteiger charge is 2.14. The zero-order chi connectivity index (χ0) is 13.5. The lowest BCUT2D eigenvalue weighted by Crippen LogP contribution is -2.22. The number of aliphatic hydroxyl groups excluding tert-OH is 1. The van der Waals surface area contributed by atoms with Gasteiger partial charge in [0.15, 0.2) is 11.5 Å². The maximum absolute atomic E-state index is 10.1. The van der Waals surface area contributed by atoms with E-state index in [4.69, 9.17) is 9.47 Å². The van der Waals surface area contributed by atoms with Gasteiger partial charge in [0.1, 0.15) is 13.2 Å². The molecule has 4 heteroatoms. The third-order valence-corrected chi connectivity index (χ3v) is 3.01. The first-order valence-electron chi connectivity index (χ1n) is 6.70. The van der Waals surface area contributed by atoms with Gasteiger partial charge in [-0.2, -0.15) is 0 Å². The first-order valence-corrected chi connectivity index (χ1v) is 6.70. The van der Waals surface area contributed by atoms with Crippen molar-refractivity contribution in [2.45, 2.75) is 19.4 Å². The first kappa shape index (κ1) is 13.9. The van der Waals surface area contributed by atoms with E-state index in [2.05, 4.69) is 11.4 Å². The predicted octanol–water partition coefficient (Wildman–Crippen LogP) is 2.05. The second kappa shape index (κ2) is 7.16. The van der Waals surface area contributed by atoms with Gasteiger partial charge in [0.25, 0.3) is 0 Å². The predicted molar refractivity (Wildman–Crippen MR) is 74.7 cm³/mol. The summed E-state index contributed by atoms with van der Waals surface area (Å²) in [5, 5.41) is 13.3. The molecular weight excluding hydrogens is 242 g/mol. The Morgan fingerprint density at radius 1 is 1.32 bits per heavy atom. The van der Waals surface area contributed by atoms with Crippen LogP contribution in [-0.2, 0) is 0 Å². The normalized spacial score (nSPS) is 15.7. The zero-order valence-corrected chi connectivity index (χ0v) is 11.3. The van der Waals surface area contributed by atoms with Crippen molar-refractivity contribution in [2.75, 3.05) is 26.3 Å². The van der Waals surface area contributed by atoms with E-state index in [1.54, 1.807) is 0 Å². The molecule has 0 saturated heterocycles. The van der Waals surface area contributed by atoms with Crippen molar-refractivity contribution < 1.29 is 14.6 Å². The van der Waals surface area contributed by atoms with Gasteiger partial charge in [0.2, 0.25) is 0 Å². The van der Waals surface area contributed by atoms with Gasteiger partial charge >= 0.3 is 0 Å². The molecular formula is C15H21NO3. The van der Waals surface area contributed by atoms with Crippen LogP contribution in [0.25, 0.3) is 0 Å². The molecule has 0 radical (unpaired) electrons. The van der Waals surface area contributed by atoms with Gasteiger partial charge in [-0.1, -0.05) is 18.2 Å². The number of hydrogen-bond acceptors (Lipinski definition) is 4. The average molecular weight is 263 g/mol. The molecule has 1 aromatic rings. The molecule has 1 aliphatic rings. The SMILES string of the molecule is C/C=C/CCNCC(O)c1ccc2c(c1)OCCO2. The van der Waals surface area contributed by atoms with E-state index in [0.717, 1.165) is 30.0 Å². The number of fused-ring (bicyclic) bond motifs is 1. The standard InChI is InChI=1S/C15H21NO3/c1-2-3-4-7-16-11-13(17)12-5-6-14-15(10-12)19-9-8-18-14/h2-3,5-6,10,13,16-17H,4,7-9,11H2,1H3/b3-2+. The van der Waals surface area contributed by atoms with Crippen LogP contribution < -0.4 is 14.8 Å². The van der Waals surface area contributed by atoms with Gasteiger partial charge in [-0.15, -0.1) is 0 Å². The summed E-state index contributed by atoms with van der Waals surface area (Å²) in [5.74, 6) is 1.47. The van der Waals surface area contributed by atoms with Crippen LogP contribution in [0.3, 0.4) is 0 Å². The summed E-state index contributed by atoms with van der Waals surface area (Å²) in [4.78, 5) is 0. The third kappa shape index (κ3) is 3.98. The number of benzene rings is 1. The van der Waals surface area contributed by atoms with Crippen LogP contribution in [0.1, 0.15) is 25.0 Å². The van der Waals surface area contributed by atoms with Crippen molar-refractivity contribution >= 4 is 0 Å². The average Bonchev–Trinajstić information content (AvgIpc) is 2.46. The van der Waals surface area contributed by atoms with Gasteiger partial charge in [-0.3, -0.25) is 0 Å². The molecule has 0 saturated carbocycles. The number of nitrogens with one attached hydrogen (secondary N) is 1. The van der Waals surface area contributed by atoms with Crippen LogP contribution in [0, 0.1) is 0 Å². The highest BCUT2D eigenvalue weighted by atomic mass is 16.6. The molecule has 4 nitrogen and oxygen atoms in total. The van der Waals surface area contributed by atoms with E-state index in [9.17, 15) is 5.11 Å². The number of allylic oxidation sites excluding steroid dienone is 1. The van der Waals surface area contributed by atoms with Crippen molar-refractivity contribution in [2.24, 2.45) is 0 Å². The van der Waals surface area contributed by atoms with Crippen LogP contribution >= 0.6 is 0 Å². The highest BCUT2D eigenvalue weighted by molar-refractivity contribution is 5.44. The summed E-state index contributed by atoms with van der Waals surface area (Å²) in [6, 6.07) is 5.59. The minimum Gasteiger partial charge on any atom is -0.486 e. The van der Waals surface area contributed by atoms with Crippen LogP contribution in [-0.4, -0.2) is 31.4 Å². The lowest BCUT2D eigenvalue weighted by atomic mass is 10.1. The van der Waals surface area contributed by atoms with Crippen molar-refractivity contribution in [1.82, 2.24) is 5.32 Å². The molecule has 1 aromatic carbocycles. The Kier molecular flexibility index (Phi) is 5.24. The second-order valence-corrected chi connectivity index (χ2v) is 4.48. The van der Waals surface area contributed by atoms with Gasteiger partial charge in [-0.25, -0.2) is 0 Å². The van der Waals surface area contributed by atoms with E-state index in [0.29, 0.717) is 19.8 Å². The lowest BCUT2D eigenvalue weighted by Gasteiger charge is -2.20. The minimum absolute atomic E-state index is 0.526. The molecule has 0 spiro atoms. The largest absolute Gasteiger partial charge is 0.486 e. The molecule has 0 amide bonds. The monoisotopic (exact) mass is 263 g/mol. The number of rotatable bonds is 6. The quantitative estimate of drug-likeness (QED) is 0.609. The van der Waals surface area contributed by atoms with Gasteiger partial charge in [-0.05, 0) is 37.6 Å². The molecule has 0 aromatic heterocycles. The van der Waals surface area contributed by atoms with E-state index in [1.165, 1.54) is 0 Å². The summed E-state index contributed by atoms with van der Waals surface area (Å²) in [6.07, 6.45) is 4.58. The zero-order valence-electron chi connectivity index (χ0n) is 11.3. The van der Waals surface area contributed by atoms with Crippen molar-refractivity contribution in [3.63, 3.8) is 0 Å².